The van der Waals surface area contributed by atoms with Crippen LogP contribution in [-0.4, -0.2) is 30.6 Å². The molecule has 3 atom stereocenters. The van der Waals surface area contributed by atoms with E-state index in [9.17, 15) is 0 Å². The second-order valence-electron chi connectivity index (χ2n) is 6.97. The molecule has 1 aliphatic carbocycles. The Bertz CT molecular complexity index is 769. The number of benzene rings is 2. The summed E-state index contributed by atoms with van der Waals surface area (Å²) < 4.78 is 7.41. The molecule has 2 aromatic carbocycles. The average Bonchev–Trinajstić information content (AvgIpc) is 3.22. The summed E-state index contributed by atoms with van der Waals surface area (Å²) in [7, 11) is 0. The summed E-state index contributed by atoms with van der Waals surface area (Å²) in [5.74, 6) is 1.34. The summed E-state index contributed by atoms with van der Waals surface area (Å²) in [5, 5.41) is 0.638. The molecule has 5 heteroatoms. The van der Waals surface area contributed by atoms with Crippen molar-refractivity contribution in [3.05, 3.63) is 63.1 Å². The van der Waals surface area contributed by atoms with E-state index in [4.69, 9.17) is 22.1 Å². The molecule has 1 fully saturated rings. The van der Waals surface area contributed by atoms with Gasteiger partial charge in [0.2, 0.25) is 0 Å². The highest BCUT2D eigenvalue weighted by molar-refractivity contribution is 9.10. The number of hydrogen-bond donors (Lipinski definition) is 1. The molecule has 2 N–H and O–H groups in total. The lowest BCUT2D eigenvalue weighted by Gasteiger charge is -2.30. The normalized spacial score (nSPS) is 26.0. The molecule has 1 saturated heterocycles. The second kappa shape index (κ2) is 7.28. The predicted molar refractivity (Wildman–Crippen MR) is 105 cm³/mol. The van der Waals surface area contributed by atoms with Gasteiger partial charge in [-0.05, 0) is 61.2 Å². The third-order valence-corrected chi connectivity index (χ3v) is 6.20. The zero-order valence-corrected chi connectivity index (χ0v) is 16.3. The first kappa shape index (κ1) is 17.3. The minimum atomic E-state index is 0.00593. The second-order valence-corrected chi connectivity index (χ2v) is 8.29. The summed E-state index contributed by atoms with van der Waals surface area (Å²) in [6, 6.07) is 14.7. The van der Waals surface area contributed by atoms with E-state index in [0.29, 0.717) is 17.0 Å². The van der Waals surface area contributed by atoms with Crippen LogP contribution in [0.1, 0.15) is 23.7 Å². The zero-order valence-electron chi connectivity index (χ0n) is 14.0. The molecule has 0 saturated carbocycles. The summed E-state index contributed by atoms with van der Waals surface area (Å²) in [6.07, 6.45) is 2.20. The standard InChI is InChI=1S/C20H22BrClN2O/c21-15-5-6-19(17(22)10-15)25-20-16-4-2-1-3-14(16)9-18(20)24-8-7-13(11-23)12-24/h1-6,10,13,18,20H,7-9,11-12,23H2/t13-,18-,20-/m1/s1. The maximum atomic E-state index is 6.46. The van der Waals surface area contributed by atoms with Crippen molar-refractivity contribution in [3.63, 3.8) is 0 Å². The lowest BCUT2D eigenvalue weighted by molar-refractivity contribution is 0.0918. The molecule has 25 heavy (non-hydrogen) atoms. The van der Waals surface area contributed by atoms with Crippen molar-refractivity contribution in [2.45, 2.75) is 25.0 Å². The average molecular weight is 422 g/mol. The molecule has 4 rings (SSSR count). The Kier molecular flexibility index (Phi) is 5.05. The highest BCUT2D eigenvalue weighted by Gasteiger charge is 2.40. The SMILES string of the molecule is NC[C@H]1CCN([C@@H]2Cc3ccccc3[C@H]2Oc2ccc(Br)cc2Cl)C1. The van der Waals surface area contributed by atoms with Gasteiger partial charge in [-0.15, -0.1) is 0 Å². The van der Waals surface area contributed by atoms with Crippen LogP contribution in [0.25, 0.3) is 0 Å². The van der Waals surface area contributed by atoms with Crippen molar-refractivity contribution < 1.29 is 4.74 Å². The Hall–Kier alpha value is -1.07. The van der Waals surface area contributed by atoms with Crippen LogP contribution in [-0.2, 0) is 6.42 Å². The summed E-state index contributed by atoms with van der Waals surface area (Å²) in [5.41, 5.74) is 8.55. The number of fused-ring (bicyclic) bond motifs is 1. The van der Waals surface area contributed by atoms with E-state index in [2.05, 4.69) is 45.1 Å². The van der Waals surface area contributed by atoms with Gasteiger partial charge >= 0.3 is 0 Å². The monoisotopic (exact) mass is 420 g/mol. The van der Waals surface area contributed by atoms with Crippen LogP contribution in [0.15, 0.2) is 46.9 Å². The van der Waals surface area contributed by atoms with Gasteiger partial charge in [0.05, 0.1) is 11.1 Å². The van der Waals surface area contributed by atoms with Crippen molar-refractivity contribution in [3.8, 4) is 5.75 Å². The molecule has 0 bridgehead atoms. The molecule has 1 heterocycles. The van der Waals surface area contributed by atoms with Gasteiger partial charge in [-0.1, -0.05) is 51.8 Å². The zero-order chi connectivity index (χ0) is 17.4. The Morgan fingerprint density at radius 2 is 2.08 bits per heavy atom. The van der Waals surface area contributed by atoms with Gasteiger partial charge in [0.15, 0.2) is 0 Å². The summed E-state index contributed by atoms with van der Waals surface area (Å²) in [6.45, 7) is 2.91. The largest absolute Gasteiger partial charge is 0.482 e. The Balaban J connectivity index is 1.63. The number of ether oxygens (including phenoxy) is 1. The fraction of sp³-hybridized carbons (Fsp3) is 0.400. The number of halogens is 2. The fourth-order valence-electron chi connectivity index (χ4n) is 4.06. The first-order chi connectivity index (χ1) is 12.2. The molecule has 2 aromatic rings. The molecule has 3 nitrogen and oxygen atoms in total. The predicted octanol–water partition coefficient (Wildman–Crippen LogP) is 4.43. The number of likely N-dealkylation sites (tertiary alicyclic amines) is 1. The number of nitrogens with zero attached hydrogens (tertiary/aromatic N) is 1. The van der Waals surface area contributed by atoms with Crippen LogP contribution < -0.4 is 10.5 Å². The van der Waals surface area contributed by atoms with Crippen LogP contribution in [0.5, 0.6) is 5.75 Å². The molecular weight excluding hydrogens is 400 g/mol. The molecule has 1 aliphatic heterocycles. The molecule has 0 spiro atoms. The van der Waals surface area contributed by atoms with Gasteiger partial charge in [-0.25, -0.2) is 0 Å². The van der Waals surface area contributed by atoms with Gasteiger partial charge in [0, 0.05) is 11.0 Å². The lowest BCUT2D eigenvalue weighted by Crippen LogP contribution is -2.39. The fourth-order valence-corrected chi connectivity index (χ4v) is 4.78. The third kappa shape index (κ3) is 3.45. The topological polar surface area (TPSA) is 38.5 Å². The maximum absolute atomic E-state index is 6.46. The van der Waals surface area contributed by atoms with Gasteiger partial charge < -0.3 is 10.5 Å². The van der Waals surface area contributed by atoms with E-state index in [1.54, 1.807) is 0 Å². The minimum Gasteiger partial charge on any atom is -0.482 e. The molecule has 0 unspecified atom stereocenters. The van der Waals surface area contributed by atoms with Crippen molar-refractivity contribution in [1.29, 1.82) is 0 Å². The van der Waals surface area contributed by atoms with Crippen molar-refractivity contribution >= 4 is 27.5 Å². The van der Waals surface area contributed by atoms with Crippen molar-refractivity contribution in [1.82, 2.24) is 4.90 Å². The van der Waals surface area contributed by atoms with Crippen molar-refractivity contribution in [2.24, 2.45) is 11.7 Å². The molecule has 2 aliphatic rings. The quantitative estimate of drug-likeness (QED) is 0.794. The first-order valence-corrected chi connectivity index (χ1v) is 9.96. The first-order valence-electron chi connectivity index (χ1n) is 8.79. The highest BCUT2D eigenvalue weighted by Crippen LogP contribution is 2.41. The molecule has 132 valence electrons. The Labute approximate surface area is 162 Å². The van der Waals surface area contributed by atoms with Gasteiger partial charge in [-0.2, -0.15) is 0 Å². The smallest absolute Gasteiger partial charge is 0.140 e. The molecular formula is C20H22BrClN2O. The lowest BCUT2D eigenvalue weighted by atomic mass is 10.1. The number of rotatable bonds is 4. The van der Waals surface area contributed by atoms with Crippen LogP contribution in [0, 0.1) is 5.92 Å². The Morgan fingerprint density at radius 1 is 1.24 bits per heavy atom. The van der Waals surface area contributed by atoms with Crippen LogP contribution in [0.2, 0.25) is 5.02 Å². The maximum Gasteiger partial charge on any atom is 0.140 e. The van der Waals surface area contributed by atoms with Crippen LogP contribution >= 0.6 is 27.5 Å². The third-order valence-electron chi connectivity index (χ3n) is 5.41. The molecule has 0 aromatic heterocycles. The number of hydrogen-bond acceptors (Lipinski definition) is 3. The van der Waals surface area contributed by atoms with Gasteiger partial charge in [0.1, 0.15) is 11.9 Å². The van der Waals surface area contributed by atoms with Gasteiger partial charge in [0.25, 0.3) is 0 Å². The van der Waals surface area contributed by atoms with Gasteiger partial charge in [-0.3, -0.25) is 4.90 Å². The highest BCUT2D eigenvalue weighted by atomic mass is 79.9. The Morgan fingerprint density at radius 3 is 2.84 bits per heavy atom. The minimum absolute atomic E-state index is 0.00593. The van der Waals surface area contributed by atoms with E-state index in [1.165, 1.54) is 17.5 Å². The van der Waals surface area contributed by atoms with Crippen LogP contribution in [0.4, 0.5) is 0 Å². The van der Waals surface area contributed by atoms with E-state index in [-0.39, 0.29) is 6.10 Å². The van der Waals surface area contributed by atoms with E-state index in [1.807, 2.05) is 18.2 Å². The summed E-state index contributed by atoms with van der Waals surface area (Å²) in [4.78, 5) is 2.55. The van der Waals surface area contributed by atoms with E-state index < -0.39 is 0 Å². The van der Waals surface area contributed by atoms with E-state index >= 15 is 0 Å². The number of nitrogens with two attached hydrogens (primary N) is 1. The molecule has 0 radical (unpaired) electrons. The van der Waals surface area contributed by atoms with Crippen LogP contribution in [0.3, 0.4) is 0 Å². The summed E-state index contributed by atoms with van der Waals surface area (Å²) >= 11 is 9.86. The molecule has 0 amide bonds. The van der Waals surface area contributed by atoms with E-state index in [0.717, 1.165) is 36.3 Å². The van der Waals surface area contributed by atoms with Crippen molar-refractivity contribution in [2.75, 3.05) is 19.6 Å².